The SMILES string of the molecule is CC.CN1c2ccccc2CCC1N. The van der Waals surface area contributed by atoms with Crippen LogP contribution in [-0.4, -0.2) is 13.2 Å². The van der Waals surface area contributed by atoms with E-state index in [0.717, 1.165) is 12.8 Å². The van der Waals surface area contributed by atoms with E-state index >= 15 is 0 Å². The van der Waals surface area contributed by atoms with Crippen LogP contribution in [0.3, 0.4) is 0 Å². The van der Waals surface area contributed by atoms with Crippen molar-refractivity contribution in [3.8, 4) is 0 Å². The zero-order valence-electron chi connectivity index (χ0n) is 9.33. The number of hydrogen-bond acceptors (Lipinski definition) is 2. The predicted octanol–water partition coefficient (Wildman–Crippen LogP) is 2.38. The van der Waals surface area contributed by atoms with E-state index in [1.165, 1.54) is 11.3 Å². The van der Waals surface area contributed by atoms with Gasteiger partial charge in [-0.15, -0.1) is 0 Å². The fourth-order valence-electron chi connectivity index (χ4n) is 1.74. The molecule has 0 spiro atoms. The minimum absolute atomic E-state index is 0.194. The van der Waals surface area contributed by atoms with E-state index in [-0.39, 0.29) is 6.17 Å². The molecule has 0 fully saturated rings. The molecule has 0 saturated carbocycles. The molecule has 78 valence electrons. The first-order valence-corrected chi connectivity index (χ1v) is 5.35. The molecule has 2 N–H and O–H groups in total. The van der Waals surface area contributed by atoms with Crippen molar-refractivity contribution >= 4 is 5.69 Å². The number of anilines is 1. The minimum atomic E-state index is 0.194. The van der Waals surface area contributed by atoms with Gasteiger partial charge in [0.05, 0.1) is 6.17 Å². The van der Waals surface area contributed by atoms with Crippen LogP contribution in [0.1, 0.15) is 25.8 Å². The van der Waals surface area contributed by atoms with E-state index in [4.69, 9.17) is 5.73 Å². The van der Waals surface area contributed by atoms with Crippen LogP contribution in [0.4, 0.5) is 5.69 Å². The highest BCUT2D eigenvalue weighted by molar-refractivity contribution is 5.55. The molecule has 1 heterocycles. The quantitative estimate of drug-likeness (QED) is 0.684. The van der Waals surface area contributed by atoms with Crippen molar-refractivity contribution in [1.29, 1.82) is 0 Å². The van der Waals surface area contributed by atoms with Crippen LogP contribution in [0.5, 0.6) is 0 Å². The molecule has 1 aromatic carbocycles. The topological polar surface area (TPSA) is 29.3 Å². The van der Waals surface area contributed by atoms with Gasteiger partial charge in [0.25, 0.3) is 0 Å². The largest absolute Gasteiger partial charge is 0.359 e. The first-order chi connectivity index (χ1) is 6.79. The third kappa shape index (κ3) is 2.07. The maximum absolute atomic E-state index is 5.92. The van der Waals surface area contributed by atoms with Gasteiger partial charge >= 0.3 is 0 Å². The van der Waals surface area contributed by atoms with Crippen molar-refractivity contribution in [2.45, 2.75) is 32.9 Å². The lowest BCUT2D eigenvalue weighted by atomic mass is 10.0. The molecule has 0 radical (unpaired) electrons. The molecule has 0 aliphatic carbocycles. The lowest BCUT2D eigenvalue weighted by molar-refractivity contribution is 0.576. The molecule has 2 nitrogen and oxygen atoms in total. The molecule has 2 heteroatoms. The van der Waals surface area contributed by atoms with Crippen LogP contribution >= 0.6 is 0 Å². The van der Waals surface area contributed by atoms with Gasteiger partial charge in [-0.2, -0.15) is 0 Å². The second kappa shape index (κ2) is 5.01. The van der Waals surface area contributed by atoms with Crippen molar-refractivity contribution in [3.63, 3.8) is 0 Å². The lowest BCUT2D eigenvalue weighted by Crippen LogP contribution is -2.42. The highest BCUT2D eigenvalue weighted by Gasteiger charge is 2.18. The monoisotopic (exact) mass is 192 g/mol. The van der Waals surface area contributed by atoms with Gasteiger partial charge < -0.3 is 10.6 Å². The Hall–Kier alpha value is -1.02. The summed E-state index contributed by atoms with van der Waals surface area (Å²) in [6, 6.07) is 8.46. The van der Waals surface area contributed by atoms with E-state index in [1.807, 2.05) is 13.8 Å². The minimum Gasteiger partial charge on any atom is -0.359 e. The standard InChI is InChI=1S/C10H14N2.C2H6/c1-12-9-5-3-2-4-8(9)6-7-10(12)11;1-2/h2-5,10H,6-7,11H2,1H3;1-2H3. The zero-order chi connectivity index (χ0) is 10.6. The normalized spacial score (nSPS) is 19.4. The Bertz CT molecular complexity index is 283. The van der Waals surface area contributed by atoms with Gasteiger partial charge in [0.15, 0.2) is 0 Å². The molecular formula is C12H20N2. The Morgan fingerprint density at radius 2 is 1.93 bits per heavy atom. The first kappa shape index (κ1) is 11.1. The summed E-state index contributed by atoms with van der Waals surface area (Å²) in [6.45, 7) is 4.00. The number of nitrogens with two attached hydrogens (primary N) is 1. The second-order valence-corrected chi connectivity index (χ2v) is 3.35. The molecule has 1 aromatic rings. The summed E-state index contributed by atoms with van der Waals surface area (Å²) in [5.41, 5.74) is 8.63. The van der Waals surface area contributed by atoms with Gasteiger partial charge in [-0.05, 0) is 24.5 Å². The average molecular weight is 192 g/mol. The number of hydrogen-bond donors (Lipinski definition) is 1. The van der Waals surface area contributed by atoms with E-state index in [1.54, 1.807) is 0 Å². The summed E-state index contributed by atoms with van der Waals surface area (Å²) in [6.07, 6.45) is 2.37. The summed E-state index contributed by atoms with van der Waals surface area (Å²) in [4.78, 5) is 2.15. The summed E-state index contributed by atoms with van der Waals surface area (Å²) in [5.74, 6) is 0. The van der Waals surface area contributed by atoms with Gasteiger partial charge in [-0.25, -0.2) is 0 Å². The van der Waals surface area contributed by atoms with Crippen LogP contribution in [0, 0.1) is 0 Å². The fraction of sp³-hybridized carbons (Fsp3) is 0.500. The third-order valence-electron chi connectivity index (χ3n) is 2.58. The molecule has 1 atom stereocenters. The van der Waals surface area contributed by atoms with Gasteiger partial charge in [0.2, 0.25) is 0 Å². The Morgan fingerprint density at radius 1 is 1.29 bits per heavy atom. The first-order valence-electron chi connectivity index (χ1n) is 5.35. The highest BCUT2D eigenvalue weighted by Crippen LogP contribution is 2.26. The summed E-state index contributed by atoms with van der Waals surface area (Å²) in [5, 5.41) is 0. The number of fused-ring (bicyclic) bond motifs is 1. The summed E-state index contributed by atoms with van der Waals surface area (Å²) >= 11 is 0. The number of para-hydroxylation sites is 1. The van der Waals surface area contributed by atoms with Crippen LogP contribution in [0.25, 0.3) is 0 Å². The van der Waals surface area contributed by atoms with E-state index < -0.39 is 0 Å². The van der Waals surface area contributed by atoms with E-state index in [0.29, 0.717) is 0 Å². The Balaban J connectivity index is 0.000000461. The molecule has 0 aromatic heterocycles. The molecule has 0 saturated heterocycles. The molecule has 1 aliphatic rings. The number of benzene rings is 1. The van der Waals surface area contributed by atoms with Gasteiger partial charge in [-0.3, -0.25) is 0 Å². The maximum atomic E-state index is 5.92. The third-order valence-corrected chi connectivity index (χ3v) is 2.58. The fourth-order valence-corrected chi connectivity index (χ4v) is 1.74. The molecule has 2 rings (SSSR count). The maximum Gasteiger partial charge on any atom is 0.0770 e. The molecule has 1 aliphatic heterocycles. The van der Waals surface area contributed by atoms with Crippen LogP contribution in [0.2, 0.25) is 0 Å². The van der Waals surface area contributed by atoms with Crippen molar-refractivity contribution in [2.24, 2.45) is 5.73 Å². The summed E-state index contributed by atoms with van der Waals surface area (Å²) in [7, 11) is 2.06. The molecule has 0 bridgehead atoms. The molecule has 0 amide bonds. The van der Waals surface area contributed by atoms with Crippen molar-refractivity contribution < 1.29 is 0 Å². The van der Waals surface area contributed by atoms with Gasteiger partial charge in [0, 0.05) is 12.7 Å². The van der Waals surface area contributed by atoms with Crippen molar-refractivity contribution in [3.05, 3.63) is 29.8 Å². The average Bonchev–Trinajstić information content (AvgIpc) is 2.27. The molecular weight excluding hydrogens is 172 g/mol. The number of rotatable bonds is 0. The second-order valence-electron chi connectivity index (χ2n) is 3.35. The van der Waals surface area contributed by atoms with Gasteiger partial charge in [-0.1, -0.05) is 32.0 Å². The molecule has 14 heavy (non-hydrogen) atoms. The lowest BCUT2D eigenvalue weighted by Gasteiger charge is -2.33. The van der Waals surface area contributed by atoms with Crippen LogP contribution < -0.4 is 10.6 Å². The summed E-state index contributed by atoms with van der Waals surface area (Å²) < 4.78 is 0. The predicted molar refractivity (Wildman–Crippen MR) is 62.5 cm³/mol. The van der Waals surface area contributed by atoms with Crippen LogP contribution in [0.15, 0.2) is 24.3 Å². The van der Waals surface area contributed by atoms with Crippen molar-refractivity contribution in [2.75, 3.05) is 11.9 Å². The number of aryl methyl sites for hydroxylation is 1. The van der Waals surface area contributed by atoms with Crippen LogP contribution in [-0.2, 0) is 6.42 Å². The van der Waals surface area contributed by atoms with E-state index in [2.05, 4.69) is 36.2 Å². The Kier molecular flexibility index (Phi) is 3.96. The highest BCUT2D eigenvalue weighted by atomic mass is 15.2. The smallest absolute Gasteiger partial charge is 0.0770 e. The van der Waals surface area contributed by atoms with Crippen molar-refractivity contribution in [1.82, 2.24) is 0 Å². The number of nitrogens with zero attached hydrogens (tertiary/aromatic N) is 1. The Labute approximate surface area is 86.7 Å². The van der Waals surface area contributed by atoms with Gasteiger partial charge in [0.1, 0.15) is 0 Å². The zero-order valence-corrected chi connectivity index (χ0v) is 9.33. The van der Waals surface area contributed by atoms with E-state index in [9.17, 15) is 0 Å². The Morgan fingerprint density at radius 3 is 2.64 bits per heavy atom. The molecule has 1 unspecified atom stereocenters.